The Morgan fingerprint density at radius 1 is 1.00 bits per heavy atom. The smallest absolute Gasteiger partial charge is 0.292 e. The third-order valence-corrected chi connectivity index (χ3v) is 7.21. The molecule has 0 aromatic rings. The number of rotatable bonds is 2. The van der Waals surface area contributed by atoms with Gasteiger partial charge in [0.05, 0.1) is 0 Å². The van der Waals surface area contributed by atoms with Crippen LogP contribution in [0.2, 0.25) is 0 Å². The van der Waals surface area contributed by atoms with Gasteiger partial charge in [-0.25, -0.2) is 0 Å². The van der Waals surface area contributed by atoms with Gasteiger partial charge in [-0.3, -0.25) is 9.59 Å². The first-order chi connectivity index (χ1) is 10.2. The van der Waals surface area contributed by atoms with E-state index in [1.807, 2.05) is 7.05 Å². The second-order valence-electron chi connectivity index (χ2n) is 9.85. The molecule has 2 unspecified atom stereocenters. The van der Waals surface area contributed by atoms with Gasteiger partial charge in [-0.15, -0.1) is 0 Å². The average Bonchev–Trinajstić information content (AvgIpc) is 2.40. The van der Waals surface area contributed by atoms with E-state index in [1.165, 1.54) is 38.5 Å². The van der Waals surface area contributed by atoms with Crippen molar-refractivity contribution >= 4 is 11.7 Å². The first-order valence-electron chi connectivity index (χ1n) is 9.02. The SMILES string of the molecule is CN1C(=O)C(=O)C1C(C(C)(C)C)C12CC3CC(CC(C3)C1)C2. The van der Waals surface area contributed by atoms with Crippen LogP contribution < -0.4 is 0 Å². The number of Topliss-reactive ketones (excluding diaryl/α,β-unsaturated/α-hetero) is 1. The minimum absolute atomic E-state index is 0.0704. The van der Waals surface area contributed by atoms with E-state index in [-0.39, 0.29) is 23.1 Å². The summed E-state index contributed by atoms with van der Waals surface area (Å²) in [5.74, 6) is 2.57. The zero-order valence-electron chi connectivity index (χ0n) is 14.4. The third kappa shape index (κ3) is 1.86. The first-order valence-corrected chi connectivity index (χ1v) is 9.02. The summed E-state index contributed by atoms with van der Waals surface area (Å²) < 4.78 is 0. The minimum atomic E-state index is -0.274. The van der Waals surface area contributed by atoms with Gasteiger partial charge in [0.2, 0.25) is 5.78 Å². The summed E-state index contributed by atoms with van der Waals surface area (Å²) in [5.41, 5.74) is 0.378. The molecule has 0 aromatic heterocycles. The maximum atomic E-state index is 12.4. The minimum Gasteiger partial charge on any atom is -0.328 e. The normalized spacial score (nSPS) is 45.2. The zero-order chi connectivity index (χ0) is 15.9. The predicted molar refractivity (Wildman–Crippen MR) is 85.1 cm³/mol. The van der Waals surface area contributed by atoms with Crippen molar-refractivity contribution in [2.24, 2.45) is 34.5 Å². The second-order valence-corrected chi connectivity index (χ2v) is 9.85. The number of nitrogens with zero attached hydrogens (tertiary/aromatic N) is 1. The lowest BCUT2D eigenvalue weighted by Gasteiger charge is -2.64. The molecule has 5 aliphatic rings. The number of amides is 1. The number of hydrogen-bond donors (Lipinski definition) is 0. The van der Waals surface area contributed by atoms with E-state index in [0.29, 0.717) is 11.3 Å². The van der Waals surface area contributed by atoms with Crippen LogP contribution in [0.3, 0.4) is 0 Å². The van der Waals surface area contributed by atoms with Crippen molar-refractivity contribution in [2.75, 3.05) is 7.05 Å². The Kier molecular flexibility index (Phi) is 2.92. The Morgan fingerprint density at radius 3 is 1.82 bits per heavy atom. The van der Waals surface area contributed by atoms with E-state index >= 15 is 0 Å². The highest BCUT2D eigenvalue weighted by atomic mass is 16.2. The Balaban J connectivity index is 1.73. The van der Waals surface area contributed by atoms with E-state index in [4.69, 9.17) is 0 Å². The summed E-state index contributed by atoms with van der Waals surface area (Å²) in [6.07, 6.45) is 8.16. The van der Waals surface area contributed by atoms with Gasteiger partial charge >= 0.3 is 0 Å². The highest BCUT2D eigenvalue weighted by Crippen LogP contribution is 2.66. The molecule has 1 amide bonds. The maximum Gasteiger partial charge on any atom is 0.292 e. The van der Waals surface area contributed by atoms with Gasteiger partial charge in [0.1, 0.15) is 6.04 Å². The van der Waals surface area contributed by atoms with Crippen LogP contribution in [0.25, 0.3) is 0 Å². The molecule has 4 aliphatic carbocycles. The fourth-order valence-electron chi connectivity index (χ4n) is 7.20. The monoisotopic (exact) mass is 303 g/mol. The van der Waals surface area contributed by atoms with Gasteiger partial charge < -0.3 is 4.90 Å². The van der Waals surface area contributed by atoms with Crippen LogP contribution in [0.1, 0.15) is 59.3 Å². The van der Waals surface area contributed by atoms with Crippen molar-refractivity contribution in [1.29, 1.82) is 0 Å². The molecule has 5 rings (SSSR count). The fraction of sp³-hybridized carbons (Fsp3) is 0.895. The number of β-lactam (4-membered cyclic amide) rings is 1. The molecular formula is C19H29NO2. The van der Waals surface area contributed by atoms with Gasteiger partial charge in [0.25, 0.3) is 5.91 Å². The zero-order valence-corrected chi connectivity index (χ0v) is 14.4. The summed E-state index contributed by atoms with van der Waals surface area (Å²) in [4.78, 5) is 25.9. The molecule has 22 heavy (non-hydrogen) atoms. The van der Waals surface area contributed by atoms with Crippen molar-refractivity contribution in [3.8, 4) is 0 Å². The highest BCUT2D eigenvalue weighted by molar-refractivity contribution is 6.44. The molecular weight excluding hydrogens is 274 g/mol. The van der Waals surface area contributed by atoms with E-state index in [0.717, 1.165) is 17.8 Å². The Labute approximate surface area is 133 Å². The average molecular weight is 303 g/mol. The lowest BCUT2D eigenvalue weighted by molar-refractivity contribution is -0.178. The highest BCUT2D eigenvalue weighted by Gasteiger charge is 2.62. The summed E-state index contributed by atoms with van der Waals surface area (Å²) in [7, 11) is 1.83. The van der Waals surface area contributed by atoms with Crippen LogP contribution >= 0.6 is 0 Å². The molecule has 4 bridgehead atoms. The van der Waals surface area contributed by atoms with E-state index in [2.05, 4.69) is 20.8 Å². The van der Waals surface area contributed by atoms with Crippen LogP contribution in [0.5, 0.6) is 0 Å². The Hall–Kier alpha value is -0.860. The van der Waals surface area contributed by atoms with Gasteiger partial charge in [0, 0.05) is 7.05 Å². The molecule has 1 aliphatic heterocycles. The predicted octanol–water partition coefficient (Wildman–Crippen LogP) is 3.27. The number of hydrogen-bond acceptors (Lipinski definition) is 2. The summed E-state index contributed by atoms with van der Waals surface area (Å²) in [6.45, 7) is 6.83. The molecule has 1 saturated heterocycles. The molecule has 4 saturated carbocycles. The molecule has 2 atom stereocenters. The van der Waals surface area contributed by atoms with Crippen LogP contribution in [0.4, 0.5) is 0 Å². The lowest BCUT2D eigenvalue weighted by Crippen LogP contribution is -2.69. The van der Waals surface area contributed by atoms with Crippen LogP contribution in [-0.2, 0) is 9.59 Å². The third-order valence-electron chi connectivity index (χ3n) is 7.21. The fourth-order valence-corrected chi connectivity index (χ4v) is 7.20. The summed E-state index contributed by atoms with van der Waals surface area (Å²) in [6, 6.07) is -0.163. The number of likely N-dealkylation sites (tertiary alicyclic amines) is 1. The molecule has 3 heteroatoms. The van der Waals surface area contributed by atoms with Gasteiger partial charge in [-0.1, -0.05) is 20.8 Å². The summed E-state index contributed by atoms with van der Waals surface area (Å²) in [5, 5.41) is 0. The Morgan fingerprint density at radius 2 is 1.45 bits per heavy atom. The molecule has 0 aromatic carbocycles. The largest absolute Gasteiger partial charge is 0.328 e. The maximum absolute atomic E-state index is 12.4. The van der Waals surface area contributed by atoms with Crippen molar-refractivity contribution in [1.82, 2.24) is 4.90 Å². The molecule has 1 heterocycles. The van der Waals surface area contributed by atoms with Crippen molar-refractivity contribution in [2.45, 2.75) is 65.3 Å². The van der Waals surface area contributed by atoms with Crippen LogP contribution in [-0.4, -0.2) is 29.7 Å². The molecule has 3 nitrogen and oxygen atoms in total. The van der Waals surface area contributed by atoms with E-state index in [9.17, 15) is 9.59 Å². The summed E-state index contributed by atoms with van der Waals surface area (Å²) >= 11 is 0. The number of likely N-dealkylation sites (N-methyl/N-ethyl adjacent to an activating group) is 1. The van der Waals surface area contributed by atoms with E-state index in [1.54, 1.807) is 4.90 Å². The van der Waals surface area contributed by atoms with Gasteiger partial charge in [-0.05, 0) is 73.0 Å². The molecule has 0 N–H and O–H groups in total. The van der Waals surface area contributed by atoms with Crippen LogP contribution in [0, 0.1) is 34.5 Å². The first kappa shape index (κ1) is 14.7. The molecule has 122 valence electrons. The van der Waals surface area contributed by atoms with Crippen molar-refractivity contribution in [3.05, 3.63) is 0 Å². The topological polar surface area (TPSA) is 37.4 Å². The van der Waals surface area contributed by atoms with Crippen molar-refractivity contribution < 1.29 is 9.59 Å². The van der Waals surface area contributed by atoms with E-state index < -0.39 is 0 Å². The molecule has 5 fully saturated rings. The lowest BCUT2D eigenvalue weighted by atomic mass is 9.42. The van der Waals surface area contributed by atoms with Crippen LogP contribution in [0.15, 0.2) is 0 Å². The molecule has 0 radical (unpaired) electrons. The number of ketones is 1. The second kappa shape index (κ2) is 4.36. The number of carbonyl (C=O) groups is 2. The Bertz CT molecular complexity index is 495. The standard InChI is InChI=1S/C19H29NO2/c1-18(2,3)16(14-15(21)17(22)20(14)4)19-8-11-5-12(9-19)7-13(6-11)10-19/h11-14,16H,5-10H2,1-4H3. The van der Waals surface area contributed by atoms with Gasteiger partial charge in [-0.2, -0.15) is 0 Å². The quantitative estimate of drug-likeness (QED) is 0.580. The number of carbonyl (C=O) groups excluding carboxylic acids is 2. The van der Waals surface area contributed by atoms with Crippen molar-refractivity contribution in [3.63, 3.8) is 0 Å². The van der Waals surface area contributed by atoms with Gasteiger partial charge in [0.15, 0.2) is 0 Å². The molecule has 0 spiro atoms.